The number of rotatable bonds is 2. The quantitative estimate of drug-likeness (QED) is 0.709. The predicted octanol–water partition coefficient (Wildman–Crippen LogP) is 2.53. The molecular weight excluding hydrogens is 358 g/mol. The van der Waals surface area contributed by atoms with E-state index in [1.54, 1.807) is 17.2 Å². The molecule has 4 rings (SSSR count). The van der Waals surface area contributed by atoms with Gasteiger partial charge in [-0.05, 0) is 32.9 Å². The molecule has 0 atom stereocenters. The second-order valence-electron chi connectivity index (χ2n) is 6.88. The zero-order chi connectivity index (χ0) is 19.8. The van der Waals surface area contributed by atoms with Crippen molar-refractivity contribution >= 4 is 5.91 Å². The van der Waals surface area contributed by atoms with Crippen molar-refractivity contribution in [1.82, 2.24) is 24.8 Å². The molecule has 1 aromatic carbocycles. The fourth-order valence-electron chi connectivity index (χ4n) is 3.34. The number of hydrogen-bond acceptors (Lipinski definition) is 6. The van der Waals surface area contributed by atoms with Gasteiger partial charge in [0, 0.05) is 29.6 Å². The highest BCUT2D eigenvalue weighted by atomic mass is 16.5. The van der Waals surface area contributed by atoms with Gasteiger partial charge in [0.25, 0.3) is 5.91 Å². The number of phenols is 1. The number of H-pyrrole nitrogens is 1. The molecule has 0 aliphatic carbocycles. The first kappa shape index (κ1) is 18.0. The van der Waals surface area contributed by atoms with Crippen LogP contribution >= 0.6 is 0 Å². The SMILES string of the molecule is Cc1cnc(C)c(-c2cc(O)c3c(c2)CN(C(=O)c2nc[nH]c2C)CCO3)n1. The molecule has 0 saturated heterocycles. The third-order valence-electron chi connectivity index (χ3n) is 4.78. The molecule has 0 saturated carbocycles. The number of ether oxygens (including phenoxy) is 1. The minimum Gasteiger partial charge on any atom is -0.504 e. The van der Waals surface area contributed by atoms with Crippen LogP contribution < -0.4 is 4.74 Å². The number of nitrogens with one attached hydrogen (secondary N) is 1. The van der Waals surface area contributed by atoms with E-state index in [-0.39, 0.29) is 11.7 Å². The molecule has 2 N–H and O–H groups in total. The lowest BCUT2D eigenvalue weighted by atomic mass is 10.0. The normalized spacial score (nSPS) is 13.6. The van der Waals surface area contributed by atoms with E-state index >= 15 is 0 Å². The number of hydrogen-bond donors (Lipinski definition) is 2. The summed E-state index contributed by atoms with van der Waals surface area (Å²) < 4.78 is 5.74. The summed E-state index contributed by atoms with van der Waals surface area (Å²) >= 11 is 0. The molecule has 0 radical (unpaired) electrons. The largest absolute Gasteiger partial charge is 0.504 e. The highest BCUT2D eigenvalue weighted by molar-refractivity contribution is 5.93. The van der Waals surface area contributed by atoms with E-state index in [0.717, 1.165) is 28.2 Å². The molecule has 1 aliphatic heterocycles. The van der Waals surface area contributed by atoms with Crippen LogP contribution in [-0.4, -0.2) is 49.0 Å². The van der Waals surface area contributed by atoms with E-state index in [1.807, 2.05) is 26.8 Å². The van der Waals surface area contributed by atoms with Crippen molar-refractivity contribution in [1.29, 1.82) is 0 Å². The summed E-state index contributed by atoms with van der Waals surface area (Å²) in [4.78, 5) is 30.5. The van der Waals surface area contributed by atoms with Gasteiger partial charge < -0.3 is 19.7 Å². The third kappa shape index (κ3) is 3.17. The van der Waals surface area contributed by atoms with Gasteiger partial charge in [0.1, 0.15) is 12.3 Å². The number of aryl methyl sites for hydroxylation is 3. The first-order valence-corrected chi connectivity index (χ1v) is 9.02. The summed E-state index contributed by atoms with van der Waals surface area (Å²) in [5.41, 5.74) is 4.82. The van der Waals surface area contributed by atoms with Gasteiger partial charge in [0.05, 0.1) is 30.0 Å². The number of aromatic nitrogens is 4. The molecule has 1 amide bonds. The fourth-order valence-corrected chi connectivity index (χ4v) is 3.34. The second kappa shape index (κ2) is 6.95. The Labute approximate surface area is 162 Å². The minimum atomic E-state index is -0.174. The van der Waals surface area contributed by atoms with Crippen LogP contribution in [0.5, 0.6) is 11.5 Å². The average molecular weight is 379 g/mol. The molecule has 3 aromatic rings. The lowest BCUT2D eigenvalue weighted by Crippen LogP contribution is -2.33. The fraction of sp³-hybridized carbons (Fsp3) is 0.300. The van der Waals surface area contributed by atoms with Crippen molar-refractivity contribution in [2.24, 2.45) is 0 Å². The van der Waals surface area contributed by atoms with Crippen LogP contribution in [0.2, 0.25) is 0 Å². The molecule has 1 aliphatic rings. The molecule has 8 heteroatoms. The lowest BCUT2D eigenvalue weighted by Gasteiger charge is -2.19. The average Bonchev–Trinajstić information content (AvgIpc) is 2.97. The van der Waals surface area contributed by atoms with Crippen molar-refractivity contribution in [3.8, 4) is 22.8 Å². The van der Waals surface area contributed by atoms with Gasteiger partial charge in [0.15, 0.2) is 11.5 Å². The van der Waals surface area contributed by atoms with E-state index in [2.05, 4.69) is 19.9 Å². The maximum atomic E-state index is 12.9. The summed E-state index contributed by atoms with van der Waals surface area (Å²) in [7, 11) is 0. The smallest absolute Gasteiger partial charge is 0.274 e. The van der Waals surface area contributed by atoms with Gasteiger partial charge in [-0.15, -0.1) is 0 Å². The Morgan fingerprint density at radius 3 is 2.82 bits per heavy atom. The second-order valence-corrected chi connectivity index (χ2v) is 6.88. The highest BCUT2D eigenvalue weighted by Crippen LogP contribution is 2.38. The zero-order valence-corrected chi connectivity index (χ0v) is 16.0. The number of aromatic hydroxyl groups is 1. The molecular formula is C20H21N5O3. The summed E-state index contributed by atoms with van der Waals surface area (Å²) in [6.45, 7) is 6.55. The molecule has 0 unspecified atom stereocenters. The molecule has 3 heterocycles. The standard InChI is InChI=1S/C20H21N5O3/c1-11-8-21-12(2)17(24-11)14-6-15-9-25(4-5-28-19(15)16(26)7-14)20(27)18-13(3)22-10-23-18/h6-8,10,26H,4-5,9H2,1-3H3,(H,22,23). The number of carbonyl (C=O) groups is 1. The van der Waals surface area contributed by atoms with E-state index in [9.17, 15) is 9.90 Å². The number of imidazole rings is 1. The van der Waals surface area contributed by atoms with Gasteiger partial charge in [-0.25, -0.2) is 9.97 Å². The van der Waals surface area contributed by atoms with E-state index in [1.165, 1.54) is 6.33 Å². The molecule has 0 spiro atoms. The van der Waals surface area contributed by atoms with Gasteiger partial charge in [0.2, 0.25) is 0 Å². The van der Waals surface area contributed by atoms with E-state index in [0.29, 0.717) is 36.8 Å². The number of benzene rings is 1. The molecule has 8 nitrogen and oxygen atoms in total. The predicted molar refractivity (Wildman–Crippen MR) is 102 cm³/mol. The van der Waals surface area contributed by atoms with Gasteiger partial charge in [-0.2, -0.15) is 0 Å². The van der Waals surface area contributed by atoms with Crippen LogP contribution in [0.4, 0.5) is 0 Å². The Kier molecular flexibility index (Phi) is 4.46. The monoisotopic (exact) mass is 379 g/mol. The lowest BCUT2D eigenvalue weighted by molar-refractivity contribution is 0.0727. The van der Waals surface area contributed by atoms with Gasteiger partial charge in [-0.1, -0.05) is 0 Å². The molecule has 2 aromatic heterocycles. The topological polar surface area (TPSA) is 104 Å². The van der Waals surface area contributed by atoms with Crippen LogP contribution in [0.3, 0.4) is 0 Å². The Morgan fingerprint density at radius 1 is 1.25 bits per heavy atom. The minimum absolute atomic E-state index is 0.0282. The van der Waals surface area contributed by atoms with Crippen LogP contribution in [0.25, 0.3) is 11.3 Å². The number of fused-ring (bicyclic) bond motifs is 1. The summed E-state index contributed by atoms with van der Waals surface area (Å²) in [5.74, 6) is 0.253. The van der Waals surface area contributed by atoms with Crippen LogP contribution in [0.15, 0.2) is 24.7 Å². The van der Waals surface area contributed by atoms with Crippen molar-refractivity contribution in [3.63, 3.8) is 0 Å². The summed E-state index contributed by atoms with van der Waals surface area (Å²) in [6, 6.07) is 3.53. The Balaban J connectivity index is 1.73. The Bertz CT molecular complexity index is 1060. The number of nitrogens with zero attached hydrogens (tertiary/aromatic N) is 4. The molecule has 28 heavy (non-hydrogen) atoms. The third-order valence-corrected chi connectivity index (χ3v) is 4.78. The zero-order valence-electron chi connectivity index (χ0n) is 16.0. The summed E-state index contributed by atoms with van der Waals surface area (Å²) in [6.07, 6.45) is 3.21. The molecule has 0 bridgehead atoms. The van der Waals surface area contributed by atoms with Crippen molar-refractivity contribution < 1.29 is 14.6 Å². The van der Waals surface area contributed by atoms with Crippen molar-refractivity contribution in [2.75, 3.05) is 13.2 Å². The molecule has 144 valence electrons. The maximum absolute atomic E-state index is 12.9. The van der Waals surface area contributed by atoms with Crippen molar-refractivity contribution in [2.45, 2.75) is 27.3 Å². The van der Waals surface area contributed by atoms with Crippen molar-refractivity contribution in [3.05, 3.63) is 53.0 Å². The highest BCUT2D eigenvalue weighted by Gasteiger charge is 2.26. The number of phenolic OH excluding ortho intramolecular Hbond substituents is 1. The van der Waals surface area contributed by atoms with Gasteiger partial charge in [-0.3, -0.25) is 9.78 Å². The Morgan fingerprint density at radius 2 is 2.07 bits per heavy atom. The first-order valence-electron chi connectivity index (χ1n) is 9.02. The first-order chi connectivity index (χ1) is 13.4. The summed E-state index contributed by atoms with van der Waals surface area (Å²) in [5, 5.41) is 10.5. The van der Waals surface area contributed by atoms with Crippen LogP contribution in [0.1, 0.15) is 33.1 Å². The van der Waals surface area contributed by atoms with E-state index in [4.69, 9.17) is 4.74 Å². The molecule has 0 fully saturated rings. The number of amides is 1. The Hall–Kier alpha value is -3.42. The maximum Gasteiger partial charge on any atom is 0.274 e. The van der Waals surface area contributed by atoms with Crippen LogP contribution in [-0.2, 0) is 6.54 Å². The van der Waals surface area contributed by atoms with Gasteiger partial charge >= 0.3 is 0 Å². The number of carbonyl (C=O) groups excluding carboxylic acids is 1. The van der Waals surface area contributed by atoms with E-state index < -0.39 is 0 Å². The van der Waals surface area contributed by atoms with Crippen LogP contribution in [0, 0.1) is 20.8 Å². The number of aromatic amines is 1.